The highest BCUT2D eigenvalue weighted by molar-refractivity contribution is 7.22. The van der Waals surface area contributed by atoms with Crippen LogP contribution in [0.3, 0.4) is 0 Å². The Bertz CT molecular complexity index is 1000. The van der Waals surface area contributed by atoms with E-state index in [2.05, 4.69) is 16.0 Å². The number of thiazole rings is 1. The van der Waals surface area contributed by atoms with E-state index in [0.29, 0.717) is 13.1 Å². The van der Waals surface area contributed by atoms with E-state index < -0.39 is 4.92 Å². The van der Waals surface area contributed by atoms with Crippen LogP contribution in [0.4, 0.5) is 10.8 Å². The van der Waals surface area contributed by atoms with Gasteiger partial charge in [-0.1, -0.05) is 23.5 Å². The van der Waals surface area contributed by atoms with Gasteiger partial charge >= 0.3 is 0 Å². The van der Waals surface area contributed by atoms with Gasteiger partial charge in [-0.2, -0.15) is 0 Å². The number of non-ortho nitro benzene ring substituents is 1. The van der Waals surface area contributed by atoms with Crippen LogP contribution >= 0.6 is 11.3 Å². The van der Waals surface area contributed by atoms with Crippen LogP contribution in [0, 0.1) is 10.1 Å². The van der Waals surface area contributed by atoms with E-state index in [1.807, 2.05) is 23.1 Å². The molecule has 1 aliphatic heterocycles. The summed E-state index contributed by atoms with van der Waals surface area (Å²) in [5, 5.41) is 11.7. The first-order valence-corrected chi connectivity index (χ1v) is 9.74. The van der Waals surface area contributed by atoms with Gasteiger partial charge in [0.1, 0.15) is 0 Å². The summed E-state index contributed by atoms with van der Waals surface area (Å²) in [5.41, 5.74) is 1.80. The Kier molecular flexibility index (Phi) is 5.03. The molecular weight excluding hydrogens is 376 g/mol. The molecule has 142 valence electrons. The predicted molar refractivity (Wildman–Crippen MR) is 111 cm³/mol. The summed E-state index contributed by atoms with van der Waals surface area (Å²) in [6, 6.07) is 14.2. The molecular formula is C20H18N4O3S. The SMILES string of the molecule is O=C(/C=C/c1ccc([N+](=O)[O-])cc1)N1CCN(c2nc3ccccc3s2)CC1. The second-order valence-electron chi connectivity index (χ2n) is 6.46. The minimum atomic E-state index is -0.441. The molecule has 4 rings (SSSR count). The van der Waals surface area contributed by atoms with Crippen molar-refractivity contribution in [1.82, 2.24) is 9.88 Å². The molecule has 2 heterocycles. The lowest BCUT2D eigenvalue weighted by Crippen LogP contribution is -2.48. The Morgan fingerprint density at radius 3 is 2.46 bits per heavy atom. The molecule has 0 N–H and O–H groups in total. The molecule has 0 unspecified atom stereocenters. The first kappa shape index (κ1) is 18.1. The van der Waals surface area contributed by atoms with E-state index in [1.165, 1.54) is 22.9 Å². The number of hydrogen-bond donors (Lipinski definition) is 0. The number of nitro groups is 1. The average molecular weight is 394 g/mol. The quantitative estimate of drug-likeness (QED) is 0.384. The molecule has 0 bridgehead atoms. The van der Waals surface area contributed by atoms with Crippen molar-refractivity contribution in [3.05, 3.63) is 70.3 Å². The third-order valence-corrected chi connectivity index (χ3v) is 5.76. The van der Waals surface area contributed by atoms with E-state index in [0.717, 1.165) is 29.3 Å². The van der Waals surface area contributed by atoms with Crippen molar-refractivity contribution >= 4 is 44.4 Å². The molecule has 2 aromatic carbocycles. The second kappa shape index (κ2) is 7.77. The van der Waals surface area contributed by atoms with E-state index in [1.54, 1.807) is 29.5 Å². The van der Waals surface area contributed by atoms with Crippen LogP contribution in [0.25, 0.3) is 16.3 Å². The lowest BCUT2D eigenvalue weighted by Gasteiger charge is -2.34. The van der Waals surface area contributed by atoms with Crippen LogP contribution in [-0.2, 0) is 4.79 Å². The van der Waals surface area contributed by atoms with Gasteiger partial charge in [0.25, 0.3) is 5.69 Å². The summed E-state index contributed by atoms with van der Waals surface area (Å²) in [6.45, 7) is 2.77. The number of nitrogens with zero attached hydrogens (tertiary/aromatic N) is 4. The first-order valence-electron chi connectivity index (χ1n) is 8.92. The Labute approximate surface area is 165 Å². The molecule has 1 fully saturated rings. The number of hydrogen-bond acceptors (Lipinski definition) is 6. The highest BCUT2D eigenvalue weighted by atomic mass is 32.1. The van der Waals surface area contributed by atoms with E-state index in [-0.39, 0.29) is 11.6 Å². The van der Waals surface area contributed by atoms with E-state index in [4.69, 9.17) is 0 Å². The number of nitro benzene ring substituents is 1. The number of amides is 1. The zero-order chi connectivity index (χ0) is 19.5. The predicted octanol–water partition coefficient (Wildman–Crippen LogP) is 3.57. The van der Waals surface area contributed by atoms with Gasteiger partial charge in [0.2, 0.25) is 5.91 Å². The largest absolute Gasteiger partial charge is 0.345 e. The fourth-order valence-electron chi connectivity index (χ4n) is 3.09. The Morgan fingerprint density at radius 2 is 1.79 bits per heavy atom. The van der Waals surface area contributed by atoms with Crippen molar-refractivity contribution in [3.8, 4) is 0 Å². The third-order valence-electron chi connectivity index (χ3n) is 4.67. The standard InChI is InChI=1S/C20H18N4O3S/c25-19(10-7-15-5-8-16(9-6-15)24(26)27)22-11-13-23(14-12-22)20-21-17-3-1-2-4-18(17)28-20/h1-10H,11-14H2/b10-7+. The molecule has 0 spiro atoms. The summed E-state index contributed by atoms with van der Waals surface area (Å²) >= 11 is 1.67. The number of fused-ring (bicyclic) bond motifs is 1. The van der Waals surface area contributed by atoms with Crippen molar-refractivity contribution in [1.29, 1.82) is 0 Å². The van der Waals surface area contributed by atoms with Crippen LogP contribution in [0.2, 0.25) is 0 Å². The normalized spacial score (nSPS) is 14.7. The number of aromatic nitrogens is 1. The first-order chi connectivity index (χ1) is 13.6. The van der Waals surface area contributed by atoms with Crippen molar-refractivity contribution in [2.45, 2.75) is 0 Å². The molecule has 8 heteroatoms. The lowest BCUT2D eigenvalue weighted by atomic mass is 10.2. The number of piperazine rings is 1. The molecule has 28 heavy (non-hydrogen) atoms. The summed E-state index contributed by atoms with van der Waals surface area (Å²) in [6.07, 6.45) is 3.21. The number of benzene rings is 2. The zero-order valence-corrected chi connectivity index (χ0v) is 15.8. The monoisotopic (exact) mass is 394 g/mol. The molecule has 0 atom stereocenters. The van der Waals surface area contributed by atoms with Crippen molar-refractivity contribution in [3.63, 3.8) is 0 Å². The molecule has 0 saturated carbocycles. The van der Waals surface area contributed by atoms with Crippen LogP contribution in [0.1, 0.15) is 5.56 Å². The van der Waals surface area contributed by atoms with Crippen LogP contribution in [0.5, 0.6) is 0 Å². The smallest absolute Gasteiger partial charge is 0.269 e. The zero-order valence-electron chi connectivity index (χ0n) is 15.0. The summed E-state index contributed by atoms with van der Waals surface area (Å²) in [7, 11) is 0. The Morgan fingerprint density at radius 1 is 1.07 bits per heavy atom. The summed E-state index contributed by atoms with van der Waals surface area (Å²) in [5.74, 6) is -0.0534. The van der Waals surface area contributed by atoms with Crippen LogP contribution in [-0.4, -0.2) is 46.9 Å². The van der Waals surface area contributed by atoms with Crippen LogP contribution < -0.4 is 4.90 Å². The highest BCUT2D eigenvalue weighted by Crippen LogP contribution is 2.29. The van der Waals surface area contributed by atoms with Crippen LogP contribution in [0.15, 0.2) is 54.6 Å². The van der Waals surface area contributed by atoms with Gasteiger partial charge in [0.15, 0.2) is 5.13 Å². The maximum atomic E-state index is 12.4. The summed E-state index contributed by atoms with van der Waals surface area (Å²) < 4.78 is 1.17. The molecule has 7 nitrogen and oxygen atoms in total. The lowest BCUT2D eigenvalue weighted by molar-refractivity contribution is -0.384. The number of carbonyl (C=O) groups excluding carboxylic acids is 1. The maximum absolute atomic E-state index is 12.4. The fraction of sp³-hybridized carbons (Fsp3) is 0.200. The third kappa shape index (κ3) is 3.86. The maximum Gasteiger partial charge on any atom is 0.269 e. The van der Waals surface area contributed by atoms with Crippen molar-refractivity contribution in [2.75, 3.05) is 31.1 Å². The van der Waals surface area contributed by atoms with Gasteiger partial charge in [-0.3, -0.25) is 14.9 Å². The number of carbonyl (C=O) groups is 1. The average Bonchev–Trinajstić information content (AvgIpc) is 3.16. The highest BCUT2D eigenvalue weighted by Gasteiger charge is 2.21. The topological polar surface area (TPSA) is 79.6 Å². The van der Waals surface area contributed by atoms with Gasteiger partial charge in [-0.05, 0) is 35.9 Å². The fourth-order valence-corrected chi connectivity index (χ4v) is 4.11. The molecule has 1 aliphatic rings. The number of rotatable bonds is 4. The molecule has 0 aliphatic carbocycles. The van der Waals surface area contributed by atoms with Gasteiger partial charge in [-0.15, -0.1) is 0 Å². The Hall–Kier alpha value is -3.26. The molecule has 0 radical (unpaired) electrons. The van der Waals surface area contributed by atoms with Crippen molar-refractivity contribution < 1.29 is 9.72 Å². The van der Waals surface area contributed by atoms with Gasteiger partial charge in [0, 0.05) is 44.4 Å². The van der Waals surface area contributed by atoms with Gasteiger partial charge < -0.3 is 9.80 Å². The van der Waals surface area contributed by atoms with Crippen molar-refractivity contribution in [2.24, 2.45) is 0 Å². The molecule has 1 amide bonds. The number of anilines is 1. The van der Waals surface area contributed by atoms with E-state index >= 15 is 0 Å². The molecule has 1 aromatic heterocycles. The van der Waals surface area contributed by atoms with Gasteiger partial charge in [-0.25, -0.2) is 4.98 Å². The second-order valence-corrected chi connectivity index (χ2v) is 7.47. The van der Waals surface area contributed by atoms with E-state index in [9.17, 15) is 14.9 Å². The molecule has 3 aromatic rings. The minimum Gasteiger partial charge on any atom is -0.345 e. The Balaban J connectivity index is 1.35. The minimum absolute atomic E-state index is 0.0365. The number of para-hydroxylation sites is 1. The molecule has 1 saturated heterocycles. The van der Waals surface area contributed by atoms with Gasteiger partial charge in [0.05, 0.1) is 15.1 Å². The summed E-state index contributed by atoms with van der Waals surface area (Å²) in [4.78, 5) is 31.4.